The summed E-state index contributed by atoms with van der Waals surface area (Å²) >= 11 is 0.885. The molecule has 0 bridgehead atoms. The lowest BCUT2D eigenvalue weighted by molar-refractivity contribution is -0.139. The normalized spacial score (nSPS) is 16.9. The molecule has 0 saturated carbocycles. The molecule has 1 N–H and O–H groups in total. The average molecular weight is 293 g/mol. The van der Waals surface area contributed by atoms with E-state index < -0.39 is 12.6 Å². The Hall–Kier alpha value is -2.28. The number of nitrogens with zero attached hydrogens (tertiary/aromatic N) is 1. The number of hydrogen-bond acceptors (Lipinski definition) is 5. The van der Waals surface area contributed by atoms with Gasteiger partial charge in [0.15, 0.2) is 6.61 Å². The summed E-state index contributed by atoms with van der Waals surface area (Å²) in [4.78, 5) is 34.8. The van der Waals surface area contributed by atoms with Gasteiger partial charge in [0.05, 0.1) is 4.91 Å². The van der Waals surface area contributed by atoms with Crippen LogP contribution in [0.5, 0.6) is 5.75 Å². The third-order valence-electron chi connectivity index (χ3n) is 2.53. The number of thioether (sulfide) groups is 1. The number of carboxylic acid groups (broad SMARTS) is 1. The Balaban J connectivity index is 2.09. The molecule has 7 heteroatoms. The summed E-state index contributed by atoms with van der Waals surface area (Å²) < 4.78 is 4.99. The highest BCUT2D eigenvalue weighted by atomic mass is 32.2. The van der Waals surface area contributed by atoms with Crippen molar-refractivity contribution in [3.8, 4) is 5.75 Å². The van der Waals surface area contributed by atoms with E-state index in [-0.39, 0.29) is 11.1 Å². The van der Waals surface area contributed by atoms with Crippen molar-refractivity contribution < 1.29 is 24.2 Å². The Morgan fingerprint density at radius 3 is 2.50 bits per heavy atom. The lowest BCUT2D eigenvalue weighted by Gasteiger charge is -2.03. The van der Waals surface area contributed by atoms with Gasteiger partial charge in [-0.1, -0.05) is 12.1 Å². The monoisotopic (exact) mass is 293 g/mol. The van der Waals surface area contributed by atoms with Gasteiger partial charge in [0.1, 0.15) is 5.75 Å². The van der Waals surface area contributed by atoms with Crippen LogP contribution in [-0.4, -0.2) is 40.8 Å². The molecule has 1 saturated heterocycles. The Morgan fingerprint density at radius 2 is 2.00 bits per heavy atom. The molecule has 104 valence electrons. The summed E-state index contributed by atoms with van der Waals surface area (Å²) in [7, 11) is 1.43. The topological polar surface area (TPSA) is 83.9 Å². The predicted octanol–water partition coefficient (Wildman–Crippen LogP) is 1.82. The van der Waals surface area contributed by atoms with E-state index in [0.717, 1.165) is 22.2 Å². The summed E-state index contributed by atoms with van der Waals surface area (Å²) in [5.74, 6) is -0.954. The maximum Gasteiger partial charge on any atom is 0.341 e. The first-order valence-corrected chi connectivity index (χ1v) is 6.45. The summed E-state index contributed by atoms with van der Waals surface area (Å²) in [6.07, 6.45) is 1.61. The molecule has 2 rings (SSSR count). The van der Waals surface area contributed by atoms with Crippen molar-refractivity contribution in [3.63, 3.8) is 0 Å². The Bertz CT molecular complexity index is 593. The van der Waals surface area contributed by atoms with E-state index in [1.54, 1.807) is 30.3 Å². The van der Waals surface area contributed by atoms with E-state index in [2.05, 4.69) is 0 Å². The minimum atomic E-state index is -1.05. The highest BCUT2D eigenvalue weighted by Gasteiger charge is 2.31. The van der Waals surface area contributed by atoms with Crippen LogP contribution in [-0.2, 0) is 9.59 Å². The number of aliphatic carboxylic acids is 1. The van der Waals surface area contributed by atoms with Crippen LogP contribution >= 0.6 is 11.8 Å². The third kappa shape index (κ3) is 3.18. The van der Waals surface area contributed by atoms with Gasteiger partial charge < -0.3 is 9.84 Å². The lowest BCUT2D eigenvalue weighted by Crippen LogP contribution is -2.22. The largest absolute Gasteiger partial charge is 0.482 e. The van der Waals surface area contributed by atoms with Crippen molar-refractivity contribution in [3.05, 3.63) is 34.7 Å². The number of carbonyl (C=O) groups is 3. The van der Waals surface area contributed by atoms with Gasteiger partial charge in [-0.2, -0.15) is 0 Å². The van der Waals surface area contributed by atoms with Crippen LogP contribution in [0, 0.1) is 0 Å². The van der Waals surface area contributed by atoms with Gasteiger partial charge >= 0.3 is 5.97 Å². The van der Waals surface area contributed by atoms with Crippen LogP contribution in [0.15, 0.2) is 29.2 Å². The van der Waals surface area contributed by atoms with Crippen molar-refractivity contribution in [2.75, 3.05) is 13.7 Å². The van der Waals surface area contributed by atoms with Crippen molar-refractivity contribution in [1.29, 1.82) is 0 Å². The Labute approximate surface area is 119 Å². The zero-order valence-electron chi connectivity index (χ0n) is 10.5. The number of hydrogen-bond donors (Lipinski definition) is 1. The smallest absolute Gasteiger partial charge is 0.341 e. The molecule has 1 aliphatic rings. The zero-order valence-corrected chi connectivity index (χ0v) is 11.3. The SMILES string of the molecule is CN1C(=O)SC(=Cc2ccc(OCC(=O)O)cc2)C1=O. The molecule has 20 heavy (non-hydrogen) atoms. The number of benzene rings is 1. The zero-order chi connectivity index (χ0) is 14.7. The highest BCUT2D eigenvalue weighted by molar-refractivity contribution is 8.18. The average Bonchev–Trinajstić information content (AvgIpc) is 2.65. The van der Waals surface area contributed by atoms with Crippen LogP contribution in [0.3, 0.4) is 0 Å². The van der Waals surface area contributed by atoms with Crippen LogP contribution < -0.4 is 4.74 Å². The quantitative estimate of drug-likeness (QED) is 0.852. The molecule has 0 atom stereocenters. The van der Waals surface area contributed by atoms with Crippen LogP contribution in [0.1, 0.15) is 5.56 Å². The van der Waals surface area contributed by atoms with Crippen LogP contribution in [0.4, 0.5) is 4.79 Å². The minimum Gasteiger partial charge on any atom is -0.482 e. The van der Waals surface area contributed by atoms with Crippen molar-refractivity contribution in [1.82, 2.24) is 4.90 Å². The number of ether oxygens (including phenoxy) is 1. The molecule has 1 aromatic carbocycles. The summed E-state index contributed by atoms with van der Waals surface area (Å²) in [6, 6.07) is 6.57. The molecule has 0 aromatic heterocycles. The van der Waals surface area contributed by atoms with Crippen molar-refractivity contribution >= 4 is 35.0 Å². The van der Waals surface area contributed by atoms with Gasteiger partial charge in [-0.25, -0.2) is 4.79 Å². The number of likely N-dealkylation sites (N-methyl/N-ethyl adjacent to an activating group) is 1. The van der Waals surface area contributed by atoms with Gasteiger partial charge in [0.25, 0.3) is 11.1 Å². The number of carboxylic acids is 1. The molecule has 0 aliphatic carbocycles. The molecular weight excluding hydrogens is 282 g/mol. The second-order valence-corrected chi connectivity index (χ2v) is 4.99. The van der Waals surface area contributed by atoms with Gasteiger partial charge in [0.2, 0.25) is 0 Å². The summed E-state index contributed by atoms with van der Waals surface area (Å²) in [5.41, 5.74) is 0.728. The van der Waals surface area contributed by atoms with Gasteiger partial charge in [0, 0.05) is 7.05 Å². The molecule has 1 heterocycles. The standard InChI is InChI=1S/C13H11NO5S/c1-14-12(17)10(20-13(14)18)6-8-2-4-9(5-3-8)19-7-11(15)16/h2-6H,7H2,1H3,(H,15,16). The molecule has 0 unspecified atom stereocenters. The number of amides is 2. The van der Waals surface area contributed by atoms with Gasteiger partial charge in [-0.3, -0.25) is 14.5 Å². The van der Waals surface area contributed by atoms with E-state index in [1.165, 1.54) is 7.05 Å². The number of rotatable bonds is 4. The molecule has 2 amide bonds. The summed E-state index contributed by atoms with van der Waals surface area (Å²) in [5, 5.41) is 8.18. The lowest BCUT2D eigenvalue weighted by atomic mass is 10.2. The highest BCUT2D eigenvalue weighted by Crippen LogP contribution is 2.31. The van der Waals surface area contributed by atoms with E-state index >= 15 is 0 Å². The number of imide groups is 1. The fraction of sp³-hybridized carbons (Fsp3) is 0.154. The molecule has 0 radical (unpaired) electrons. The molecule has 1 aromatic rings. The third-order valence-corrected chi connectivity index (χ3v) is 3.49. The fourth-order valence-corrected chi connectivity index (χ4v) is 2.33. The predicted molar refractivity (Wildman–Crippen MR) is 73.3 cm³/mol. The Morgan fingerprint density at radius 1 is 1.35 bits per heavy atom. The second-order valence-electron chi connectivity index (χ2n) is 3.99. The molecule has 6 nitrogen and oxygen atoms in total. The summed E-state index contributed by atoms with van der Waals surface area (Å²) in [6.45, 7) is -0.409. The molecular formula is C13H11NO5S. The molecule has 0 spiro atoms. The maximum absolute atomic E-state index is 11.7. The van der Waals surface area contributed by atoms with Gasteiger partial charge in [-0.15, -0.1) is 0 Å². The maximum atomic E-state index is 11.7. The second kappa shape index (κ2) is 5.79. The first-order chi connectivity index (χ1) is 9.47. The van der Waals surface area contributed by atoms with Crippen LogP contribution in [0.25, 0.3) is 6.08 Å². The first-order valence-electron chi connectivity index (χ1n) is 5.63. The van der Waals surface area contributed by atoms with E-state index in [0.29, 0.717) is 10.7 Å². The number of carbonyl (C=O) groups excluding carboxylic acids is 2. The van der Waals surface area contributed by atoms with Crippen molar-refractivity contribution in [2.45, 2.75) is 0 Å². The van der Waals surface area contributed by atoms with E-state index in [9.17, 15) is 14.4 Å². The van der Waals surface area contributed by atoms with E-state index in [4.69, 9.17) is 9.84 Å². The van der Waals surface area contributed by atoms with E-state index in [1.807, 2.05) is 0 Å². The van der Waals surface area contributed by atoms with Crippen LogP contribution in [0.2, 0.25) is 0 Å². The molecule has 1 aliphatic heterocycles. The van der Waals surface area contributed by atoms with Gasteiger partial charge in [-0.05, 0) is 35.5 Å². The molecule has 1 fully saturated rings. The Kier molecular flexibility index (Phi) is 4.09. The fourth-order valence-electron chi connectivity index (χ4n) is 1.50. The first kappa shape index (κ1) is 14.1. The minimum absolute atomic E-state index is 0.303. The van der Waals surface area contributed by atoms with Crippen molar-refractivity contribution in [2.24, 2.45) is 0 Å².